The van der Waals surface area contributed by atoms with Gasteiger partial charge in [0.05, 0.1) is 30.6 Å². The highest BCUT2D eigenvalue weighted by Gasteiger charge is 2.17. The van der Waals surface area contributed by atoms with Crippen molar-refractivity contribution in [2.45, 2.75) is 12.2 Å². The maximum atomic E-state index is 11.8. The predicted octanol–water partition coefficient (Wildman–Crippen LogP) is 1.63. The van der Waals surface area contributed by atoms with E-state index in [1.54, 1.807) is 0 Å². The molecule has 0 radical (unpaired) electrons. The second-order valence-corrected chi connectivity index (χ2v) is 7.07. The van der Waals surface area contributed by atoms with Crippen LogP contribution in [0.2, 0.25) is 0 Å². The van der Waals surface area contributed by atoms with Crippen molar-refractivity contribution in [3.05, 3.63) is 33.8 Å². The van der Waals surface area contributed by atoms with Gasteiger partial charge in [0.2, 0.25) is 0 Å². The number of rotatable bonds is 6. The molecule has 0 amide bonds. The molecule has 1 rings (SSSR count). The molecular formula is C12H13BrO6S. The van der Waals surface area contributed by atoms with Crippen LogP contribution in [0.1, 0.15) is 22.3 Å². The number of aromatic carboxylic acids is 1. The fraction of sp³-hybridized carbons (Fsp3) is 0.333. The summed E-state index contributed by atoms with van der Waals surface area (Å²) in [5.41, 5.74) is 0.507. The molecule has 0 atom stereocenters. The van der Waals surface area contributed by atoms with Crippen LogP contribution in [-0.4, -0.2) is 38.3 Å². The van der Waals surface area contributed by atoms with Gasteiger partial charge in [-0.25, -0.2) is 13.2 Å². The van der Waals surface area contributed by atoms with Crippen molar-refractivity contribution in [3.63, 3.8) is 0 Å². The van der Waals surface area contributed by atoms with Crippen molar-refractivity contribution in [2.75, 3.05) is 12.9 Å². The van der Waals surface area contributed by atoms with E-state index < -0.39 is 21.8 Å². The predicted molar refractivity (Wildman–Crippen MR) is 75.2 cm³/mol. The number of benzene rings is 1. The van der Waals surface area contributed by atoms with E-state index in [9.17, 15) is 18.0 Å². The number of methoxy groups -OCH3 is 1. The fourth-order valence-electron chi connectivity index (χ4n) is 1.45. The van der Waals surface area contributed by atoms with Gasteiger partial charge in [-0.1, -0.05) is 22.0 Å². The van der Waals surface area contributed by atoms with Gasteiger partial charge in [0.1, 0.15) is 0 Å². The summed E-state index contributed by atoms with van der Waals surface area (Å²) in [6.07, 6.45) is -0.205. The van der Waals surface area contributed by atoms with Crippen molar-refractivity contribution in [1.29, 1.82) is 0 Å². The standard InChI is InChI=1S/C12H13BrO6S/c1-19-11(14)4-5-20(17,18)7-9-3-2-8(12(15)16)6-10(9)13/h2-3,6H,4-5,7H2,1H3,(H,15,16). The minimum Gasteiger partial charge on any atom is -0.478 e. The Balaban J connectivity index is 2.82. The van der Waals surface area contributed by atoms with Gasteiger partial charge in [0.25, 0.3) is 0 Å². The normalized spacial score (nSPS) is 11.1. The van der Waals surface area contributed by atoms with Crippen LogP contribution in [0.25, 0.3) is 0 Å². The molecule has 0 bridgehead atoms. The number of esters is 1. The van der Waals surface area contributed by atoms with Crippen LogP contribution in [0, 0.1) is 0 Å². The van der Waals surface area contributed by atoms with E-state index >= 15 is 0 Å². The Hall–Kier alpha value is -1.41. The second-order valence-electron chi connectivity index (χ2n) is 4.03. The fourth-order valence-corrected chi connectivity index (χ4v) is 3.50. The smallest absolute Gasteiger partial charge is 0.335 e. The summed E-state index contributed by atoms with van der Waals surface area (Å²) in [5.74, 6) is -2.27. The van der Waals surface area contributed by atoms with Gasteiger partial charge in [-0.3, -0.25) is 4.79 Å². The molecule has 0 aliphatic rings. The minimum atomic E-state index is -3.47. The van der Waals surface area contributed by atoms with Crippen LogP contribution in [-0.2, 0) is 25.1 Å². The molecule has 0 aliphatic carbocycles. The van der Waals surface area contributed by atoms with Crippen molar-refractivity contribution in [2.24, 2.45) is 0 Å². The van der Waals surface area contributed by atoms with Crippen LogP contribution < -0.4 is 0 Å². The molecular weight excluding hydrogens is 352 g/mol. The lowest BCUT2D eigenvalue weighted by Crippen LogP contribution is -2.14. The molecule has 20 heavy (non-hydrogen) atoms. The maximum Gasteiger partial charge on any atom is 0.335 e. The number of carboxylic acids is 1. The summed E-state index contributed by atoms with van der Waals surface area (Å²) in [6, 6.07) is 4.11. The topological polar surface area (TPSA) is 97.7 Å². The van der Waals surface area contributed by atoms with E-state index in [1.165, 1.54) is 25.3 Å². The first-order valence-electron chi connectivity index (χ1n) is 5.54. The molecule has 0 heterocycles. The average molecular weight is 365 g/mol. The highest BCUT2D eigenvalue weighted by molar-refractivity contribution is 9.10. The van der Waals surface area contributed by atoms with Crippen LogP contribution in [0.5, 0.6) is 0 Å². The summed E-state index contributed by atoms with van der Waals surface area (Å²) >= 11 is 3.14. The molecule has 0 aliphatic heterocycles. The van der Waals surface area contributed by atoms with Gasteiger partial charge < -0.3 is 9.84 Å². The Kier molecular flexibility index (Phi) is 5.70. The number of sulfone groups is 1. The van der Waals surface area contributed by atoms with E-state index in [0.717, 1.165) is 0 Å². The lowest BCUT2D eigenvalue weighted by Gasteiger charge is -2.07. The van der Waals surface area contributed by atoms with E-state index in [-0.39, 0.29) is 23.5 Å². The quantitative estimate of drug-likeness (QED) is 0.770. The molecule has 1 N–H and O–H groups in total. The summed E-state index contributed by atoms with van der Waals surface area (Å²) in [6.45, 7) is 0. The van der Waals surface area contributed by atoms with E-state index in [0.29, 0.717) is 10.0 Å². The van der Waals surface area contributed by atoms with Crippen molar-refractivity contribution in [1.82, 2.24) is 0 Å². The number of carboxylic acid groups (broad SMARTS) is 1. The molecule has 1 aromatic carbocycles. The van der Waals surface area contributed by atoms with E-state index in [1.807, 2.05) is 0 Å². The Bertz CT molecular complexity index is 623. The molecule has 8 heteroatoms. The maximum absolute atomic E-state index is 11.8. The molecule has 0 spiro atoms. The lowest BCUT2D eigenvalue weighted by atomic mass is 10.1. The zero-order valence-corrected chi connectivity index (χ0v) is 13.0. The third kappa shape index (κ3) is 4.93. The van der Waals surface area contributed by atoms with Crippen molar-refractivity contribution >= 4 is 37.7 Å². The van der Waals surface area contributed by atoms with Gasteiger partial charge in [-0.2, -0.15) is 0 Å². The van der Waals surface area contributed by atoms with Crippen molar-refractivity contribution < 1.29 is 27.9 Å². The molecule has 0 saturated heterocycles. The molecule has 0 fully saturated rings. The van der Waals surface area contributed by atoms with Gasteiger partial charge in [0, 0.05) is 4.47 Å². The number of ether oxygens (including phenoxy) is 1. The van der Waals surface area contributed by atoms with E-state index in [4.69, 9.17) is 5.11 Å². The number of carbonyl (C=O) groups excluding carboxylic acids is 1. The van der Waals surface area contributed by atoms with Gasteiger partial charge in [0.15, 0.2) is 9.84 Å². The number of halogens is 1. The monoisotopic (exact) mass is 364 g/mol. The first-order chi connectivity index (χ1) is 9.25. The van der Waals surface area contributed by atoms with Crippen LogP contribution >= 0.6 is 15.9 Å². The molecule has 0 unspecified atom stereocenters. The lowest BCUT2D eigenvalue weighted by molar-refractivity contribution is -0.140. The Morgan fingerprint density at radius 2 is 2.00 bits per heavy atom. The molecule has 0 saturated carbocycles. The SMILES string of the molecule is COC(=O)CCS(=O)(=O)Cc1ccc(C(=O)O)cc1Br. The Labute approximate surface area is 124 Å². The zero-order valence-electron chi connectivity index (χ0n) is 10.6. The minimum absolute atomic E-state index is 0.0626. The first kappa shape index (κ1) is 16.6. The number of hydrogen-bond donors (Lipinski definition) is 1. The van der Waals surface area contributed by atoms with Crippen molar-refractivity contribution in [3.8, 4) is 0 Å². The van der Waals surface area contributed by atoms with Gasteiger partial charge in [-0.15, -0.1) is 0 Å². The van der Waals surface area contributed by atoms with Crippen LogP contribution in [0.3, 0.4) is 0 Å². The molecule has 1 aromatic rings. The van der Waals surface area contributed by atoms with Gasteiger partial charge in [-0.05, 0) is 17.7 Å². The first-order valence-corrected chi connectivity index (χ1v) is 8.15. The zero-order chi connectivity index (χ0) is 15.3. The molecule has 6 nitrogen and oxygen atoms in total. The Morgan fingerprint density at radius 3 is 2.50 bits per heavy atom. The summed E-state index contributed by atoms with van der Waals surface area (Å²) in [5, 5.41) is 8.81. The highest BCUT2D eigenvalue weighted by atomic mass is 79.9. The third-order valence-corrected chi connectivity index (χ3v) is 4.84. The molecule has 0 aromatic heterocycles. The summed E-state index contributed by atoms with van der Waals surface area (Å²) in [4.78, 5) is 21.7. The third-order valence-electron chi connectivity index (χ3n) is 2.52. The average Bonchev–Trinajstić information content (AvgIpc) is 2.38. The Morgan fingerprint density at radius 1 is 1.35 bits per heavy atom. The largest absolute Gasteiger partial charge is 0.478 e. The molecule has 110 valence electrons. The second kappa shape index (κ2) is 6.85. The van der Waals surface area contributed by atoms with Crippen LogP contribution in [0.15, 0.2) is 22.7 Å². The van der Waals surface area contributed by atoms with Crippen LogP contribution in [0.4, 0.5) is 0 Å². The number of carbonyl (C=O) groups is 2. The highest BCUT2D eigenvalue weighted by Crippen LogP contribution is 2.21. The summed E-state index contributed by atoms with van der Waals surface area (Å²) in [7, 11) is -2.28. The summed E-state index contributed by atoms with van der Waals surface area (Å²) < 4.78 is 28.5. The van der Waals surface area contributed by atoms with E-state index in [2.05, 4.69) is 20.7 Å². The van der Waals surface area contributed by atoms with Gasteiger partial charge >= 0.3 is 11.9 Å². The number of hydrogen-bond acceptors (Lipinski definition) is 5.